The highest BCUT2D eigenvalue weighted by molar-refractivity contribution is 7.88. The van der Waals surface area contributed by atoms with Crippen molar-refractivity contribution in [3.05, 3.63) is 90.8 Å². The van der Waals surface area contributed by atoms with Gasteiger partial charge < -0.3 is 0 Å². The molecule has 0 aliphatic heterocycles. The first kappa shape index (κ1) is 14.9. The van der Waals surface area contributed by atoms with Crippen LogP contribution in [0.15, 0.2) is 85.1 Å². The SMILES string of the molecule is C[n+]1ccccc1C[P+](C)(c1ccccc1)c1ccccc1. The summed E-state index contributed by atoms with van der Waals surface area (Å²) in [5.41, 5.74) is 1.38. The molecule has 22 heavy (non-hydrogen) atoms. The van der Waals surface area contributed by atoms with E-state index in [4.69, 9.17) is 0 Å². The summed E-state index contributed by atoms with van der Waals surface area (Å²) < 4.78 is 2.24. The number of hydrogen-bond donors (Lipinski definition) is 0. The van der Waals surface area contributed by atoms with Crippen molar-refractivity contribution in [2.75, 3.05) is 6.66 Å². The lowest BCUT2D eigenvalue weighted by atomic mass is 10.4. The average molecular weight is 307 g/mol. The Morgan fingerprint density at radius 3 is 1.73 bits per heavy atom. The molecule has 0 bridgehead atoms. The number of aryl methyl sites for hydroxylation is 1. The Balaban J connectivity index is 2.10. The predicted octanol–water partition coefficient (Wildman–Crippen LogP) is 3.31. The van der Waals surface area contributed by atoms with Gasteiger partial charge in [0.15, 0.2) is 12.4 Å². The van der Waals surface area contributed by atoms with Crippen LogP contribution in [0.5, 0.6) is 0 Å². The first-order valence-electron chi connectivity index (χ1n) is 7.60. The minimum absolute atomic E-state index is 1.08. The Kier molecular flexibility index (Phi) is 4.36. The van der Waals surface area contributed by atoms with Crippen molar-refractivity contribution in [1.82, 2.24) is 0 Å². The fourth-order valence-electron chi connectivity index (χ4n) is 2.89. The summed E-state index contributed by atoms with van der Waals surface area (Å²) in [6.45, 7) is 2.45. The fourth-order valence-corrected chi connectivity index (χ4v) is 6.19. The minimum Gasteiger partial charge on any atom is -0.202 e. The average Bonchev–Trinajstić information content (AvgIpc) is 2.58. The van der Waals surface area contributed by atoms with Gasteiger partial charge in [-0.2, -0.15) is 0 Å². The summed E-state index contributed by atoms with van der Waals surface area (Å²) in [5.74, 6) is 0. The van der Waals surface area contributed by atoms with Crippen LogP contribution < -0.4 is 15.2 Å². The number of benzene rings is 2. The molecule has 3 rings (SSSR count). The van der Waals surface area contributed by atoms with Gasteiger partial charge in [-0.05, 0) is 30.3 Å². The second-order valence-corrected chi connectivity index (χ2v) is 9.56. The second-order valence-electron chi connectivity index (χ2n) is 5.82. The topological polar surface area (TPSA) is 3.88 Å². The zero-order valence-corrected chi connectivity index (χ0v) is 14.1. The van der Waals surface area contributed by atoms with Gasteiger partial charge in [-0.15, -0.1) is 0 Å². The van der Waals surface area contributed by atoms with Crippen LogP contribution in [0.25, 0.3) is 0 Å². The Labute approximate surface area is 133 Å². The predicted molar refractivity (Wildman–Crippen MR) is 96.3 cm³/mol. The molecule has 0 radical (unpaired) electrons. The molecule has 0 aliphatic rings. The zero-order valence-electron chi connectivity index (χ0n) is 13.2. The summed E-state index contributed by atoms with van der Waals surface area (Å²) in [6, 6.07) is 28.4. The molecule has 3 aromatic rings. The monoisotopic (exact) mass is 307 g/mol. The quantitative estimate of drug-likeness (QED) is 0.514. The van der Waals surface area contributed by atoms with E-state index in [2.05, 4.69) is 103 Å². The summed E-state index contributed by atoms with van der Waals surface area (Å²) in [5, 5.41) is 2.93. The molecule has 1 nitrogen and oxygen atoms in total. The van der Waals surface area contributed by atoms with Crippen LogP contribution in [0.1, 0.15) is 5.69 Å². The molecule has 0 saturated heterocycles. The third-order valence-electron chi connectivity index (χ3n) is 4.29. The Bertz CT molecular complexity index is 698. The van der Waals surface area contributed by atoms with Gasteiger partial charge in [-0.3, -0.25) is 0 Å². The van der Waals surface area contributed by atoms with Crippen molar-refractivity contribution in [3.63, 3.8) is 0 Å². The van der Waals surface area contributed by atoms with Gasteiger partial charge in [0, 0.05) is 12.1 Å². The molecule has 0 spiro atoms. The first-order chi connectivity index (χ1) is 10.7. The largest absolute Gasteiger partial charge is 0.219 e. The Morgan fingerprint density at radius 2 is 1.23 bits per heavy atom. The van der Waals surface area contributed by atoms with Gasteiger partial charge in [0.2, 0.25) is 5.69 Å². The molecule has 0 fully saturated rings. The van der Waals surface area contributed by atoms with Gasteiger partial charge in [-0.25, -0.2) is 4.57 Å². The van der Waals surface area contributed by atoms with E-state index in [1.165, 1.54) is 16.3 Å². The molecule has 0 unspecified atom stereocenters. The molecule has 0 saturated carbocycles. The lowest BCUT2D eigenvalue weighted by molar-refractivity contribution is -0.678. The smallest absolute Gasteiger partial charge is 0.202 e. The van der Waals surface area contributed by atoms with Crippen LogP contribution in [0, 0.1) is 0 Å². The molecular formula is C20H22NP+2. The van der Waals surface area contributed by atoms with Crippen LogP contribution in [0.4, 0.5) is 0 Å². The second kappa shape index (κ2) is 6.42. The maximum absolute atomic E-state index is 2.45. The highest BCUT2D eigenvalue weighted by Gasteiger charge is 2.39. The highest BCUT2D eigenvalue weighted by atomic mass is 31.2. The van der Waals surface area contributed by atoms with E-state index in [1.54, 1.807) is 0 Å². The van der Waals surface area contributed by atoms with Crippen molar-refractivity contribution in [2.45, 2.75) is 6.16 Å². The summed E-state index contributed by atoms with van der Waals surface area (Å²) in [7, 11) is 0.691. The van der Waals surface area contributed by atoms with Crippen LogP contribution in [0.3, 0.4) is 0 Å². The molecule has 2 aromatic carbocycles. The van der Waals surface area contributed by atoms with E-state index in [1.807, 2.05) is 0 Å². The third kappa shape index (κ3) is 2.96. The Morgan fingerprint density at radius 1 is 0.727 bits per heavy atom. The van der Waals surface area contributed by atoms with Gasteiger partial charge in [-0.1, -0.05) is 36.4 Å². The van der Waals surface area contributed by atoms with Crippen LogP contribution >= 0.6 is 7.26 Å². The summed E-state index contributed by atoms with van der Waals surface area (Å²) >= 11 is 0. The van der Waals surface area contributed by atoms with E-state index in [0.29, 0.717) is 0 Å². The van der Waals surface area contributed by atoms with Gasteiger partial charge in [0.25, 0.3) is 0 Å². The van der Waals surface area contributed by atoms with E-state index < -0.39 is 7.26 Å². The normalized spacial score (nSPS) is 11.4. The molecule has 2 heteroatoms. The van der Waals surface area contributed by atoms with Crippen molar-refractivity contribution >= 4 is 17.9 Å². The molecule has 0 amide bonds. The van der Waals surface area contributed by atoms with E-state index in [0.717, 1.165) is 6.16 Å². The molecule has 1 aromatic heterocycles. The number of aromatic nitrogens is 1. The van der Waals surface area contributed by atoms with Crippen LogP contribution in [-0.2, 0) is 13.2 Å². The fraction of sp³-hybridized carbons (Fsp3) is 0.150. The molecule has 110 valence electrons. The molecule has 1 heterocycles. The lowest BCUT2D eigenvalue weighted by Gasteiger charge is -2.22. The minimum atomic E-state index is -1.44. The van der Waals surface area contributed by atoms with Crippen molar-refractivity contribution in [2.24, 2.45) is 7.05 Å². The summed E-state index contributed by atoms with van der Waals surface area (Å²) in [6.07, 6.45) is 3.22. The standard InChI is InChI=1S/C20H22NP/c1-21-16-10-9-11-18(21)17-22(2,19-12-5-3-6-13-19)20-14-7-4-8-15-20/h3-16H,17H2,1-2H3/q+2. The van der Waals surface area contributed by atoms with Crippen molar-refractivity contribution in [1.29, 1.82) is 0 Å². The zero-order chi connectivity index (χ0) is 15.4. The third-order valence-corrected chi connectivity index (χ3v) is 8.13. The molecular weight excluding hydrogens is 285 g/mol. The number of pyridine rings is 1. The maximum Gasteiger partial charge on any atom is 0.219 e. The first-order valence-corrected chi connectivity index (χ1v) is 10.0. The van der Waals surface area contributed by atoms with Gasteiger partial charge in [0.1, 0.15) is 7.05 Å². The van der Waals surface area contributed by atoms with E-state index in [9.17, 15) is 0 Å². The highest BCUT2D eigenvalue weighted by Crippen LogP contribution is 2.55. The number of hydrogen-bond acceptors (Lipinski definition) is 0. The van der Waals surface area contributed by atoms with E-state index >= 15 is 0 Å². The number of rotatable bonds is 4. The van der Waals surface area contributed by atoms with E-state index in [-0.39, 0.29) is 0 Å². The Hall–Kier alpha value is -1.98. The lowest BCUT2D eigenvalue weighted by Crippen LogP contribution is -2.35. The van der Waals surface area contributed by atoms with Gasteiger partial charge in [0.05, 0.1) is 24.5 Å². The number of nitrogens with zero attached hydrogens (tertiary/aromatic N) is 1. The molecule has 0 atom stereocenters. The van der Waals surface area contributed by atoms with Gasteiger partial charge >= 0.3 is 0 Å². The summed E-state index contributed by atoms with van der Waals surface area (Å²) in [4.78, 5) is 0. The maximum atomic E-state index is 2.45. The molecule has 0 N–H and O–H groups in total. The van der Waals surface area contributed by atoms with Crippen LogP contribution in [0.2, 0.25) is 0 Å². The molecule has 0 aliphatic carbocycles. The van der Waals surface area contributed by atoms with Crippen LogP contribution in [-0.4, -0.2) is 6.66 Å². The van der Waals surface area contributed by atoms with Crippen molar-refractivity contribution in [3.8, 4) is 0 Å². The van der Waals surface area contributed by atoms with Crippen molar-refractivity contribution < 1.29 is 4.57 Å².